The van der Waals surface area contributed by atoms with Gasteiger partial charge in [-0.3, -0.25) is 9.59 Å². The number of esters is 1. The molecule has 0 fully saturated rings. The maximum Gasteiger partial charge on any atom is 0.326 e. The summed E-state index contributed by atoms with van der Waals surface area (Å²) >= 11 is 1.58. The standard InChI is InChI=1S/C24H33N3O4S/c1-18-25-20(17-32-18)16-30-21-10-8-7-9-19(21)11-12-22(28)27(14-13-26(5)6)15-23(29)31-24(2,3)4/h7-12,17H,13-16H2,1-6H3/b12-11+. The molecule has 0 radical (unpaired) electrons. The van der Waals surface area contributed by atoms with Gasteiger partial charge in [0.25, 0.3) is 0 Å². The molecule has 0 saturated heterocycles. The number of rotatable bonds is 10. The number of hydrogen-bond donors (Lipinski definition) is 0. The summed E-state index contributed by atoms with van der Waals surface area (Å²) in [5.41, 5.74) is 1.04. The zero-order valence-electron chi connectivity index (χ0n) is 19.8. The van der Waals surface area contributed by atoms with Crippen molar-refractivity contribution in [1.82, 2.24) is 14.8 Å². The zero-order valence-corrected chi connectivity index (χ0v) is 20.6. The number of carbonyl (C=O) groups excluding carboxylic acids is 2. The van der Waals surface area contributed by atoms with Gasteiger partial charge in [0.2, 0.25) is 5.91 Å². The Kier molecular flexibility index (Phi) is 9.41. The summed E-state index contributed by atoms with van der Waals surface area (Å²) in [5, 5.41) is 2.96. The van der Waals surface area contributed by atoms with E-state index in [9.17, 15) is 9.59 Å². The van der Waals surface area contributed by atoms with Crippen LogP contribution in [0.5, 0.6) is 5.75 Å². The van der Waals surface area contributed by atoms with Gasteiger partial charge >= 0.3 is 5.97 Å². The van der Waals surface area contributed by atoms with E-state index in [1.165, 1.54) is 11.0 Å². The van der Waals surface area contributed by atoms with Gasteiger partial charge in [-0.1, -0.05) is 18.2 Å². The quantitative estimate of drug-likeness (QED) is 0.398. The Labute approximate surface area is 194 Å². The second-order valence-corrected chi connectivity index (χ2v) is 9.73. The normalized spacial score (nSPS) is 11.7. The summed E-state index contributed by atoms with van der Waals surface area (Å²) in [4.78, 5) is 33.0. The third kappa shape index (κ3) is 9.20. The SMILES string of the molecule is Cc1nc(COc2ccccc2/C=C/C(=O)N(CCN(C)C)CC(=O)OC(C)(C)C)cs1. The van der Waals surface area contributed by atoms with Crippen LogP contribution < -0.4 is 4.74 Å². The monoisotopic (exact) mass is 459 g/mol. The van der Waals surface area contributed by atoms with E-state index in [0.29, 0.717) is 25.4 Å². The number of hydrogen-bond acceptors (Lipinski definition) is 7. The molecule has 0 saturated carbocycles. The lowest BCUT2D eigenvalue weighted by Gasteiger charge is -2.25. The van der Waals surface area contributed by atoms with E-state index < -0.39 is 11.6 Å². The van der Waals surface area contributed by atoms with Gasteiger partial charge in [0.05, 0.1) is 10.7 Å². The molecule has 0 bridgehead atoms. The van der Waals surface area contributed by atoms with Gasteiger partial charge in [0, 0.05) is 30.1 Å². The van der Waals surface area contributed by atoms with E-state index in [4.69, 9.17) is 9.47 Å². The predicted molar refractivity (Wildman–Crippen MR) is 128 cm³/mol. The molecule has 0 aliphatic carbocycles. The van der Waals surface area contributed by atoms with Crippen molar-refractivity contribution in [3.05, 3.63) is 52.0 Å². The lowest BCUT2D eigenvalue weighted by molar-refractivity contribution is -0.158. The smallest absolute Gasteiger partial charge is 0.326 e. The number of ether oxygens (including phenoxy) is 2. The minimum absolute atomic E-state index is 0.102. The Bertz CT molecular complexity index is 931. The van der Waals surface area contributed by atoms with Crippen LogP contribution in [0.2, 0.25) is 0 Å². The third-order valence-corrected chi connectivity index (χ3v) is 5.06. The first-order valence-electron chi connectivity index (χ1n) is 10.5. The first-order chi connectivity index (χ1) is 15.0. The van der Waals surface area contributed by atoms with Crippen molar-refractivity contribution in [1.29, 1.82) is 0 Å². The Morgan fingerprint density at radius 2 is 1.88 bits per heavy atom. The number of benzene rings is 1. The molecular formula is C24H33N3O4S. The van der Waals surface area contributed by atoms with Crippen molar-refractivity contribution in [3.63, 3.8) is 0 Å². The number of aryl methyl sites for hydroxylation is 1. The second kappa shape index (κ2) is 11.8. The Morgan fingerprint density at radius 3 is 2.50 bits per heavy atom. The summed E-state index contributed by atoms with van der Waals surface area (Å²) in [5.74, 6) is -0.0304. The molecule has 1 aromatic carbocycles. The number of carbonyl (C=O) groups is 2. The highest BCUT2D eigenvalue weighted by atomic mass is 32.1. The molecule has 1 heterocycles. The predicted octanol–water partition coefficient (Wildman–Crippen LogP) is 3.78. The molecule has 7 nitrogen and oxygen atoms in total. The van der Waals surface area contributed by atoms with Crippen molar-refractivity contribution in [2.24, 2.45) is 0 Å². The van der Waals surface area contributed by atoms with Gasteiger partial charge in [-0.15, -0.1) is 11.3 Å². The summed E-state index contributed by atoms with van der Waals surface area (Å²) in [6, 6.07) is 7.50. The average molecular weight is 460 g/mol. The fourth-order valence-corrected chi connectivity index (χ4v) is 3.36. The van der Waals surface area contributed by atoms with Crippen LogP contribution in [0.25, 0.3) is 6.08 Å². The number of likely N-dealkylation sites (N-methyl/N-ethyl adjacent to an activating group) is 1. The van der Waals surface area contributed by atoms with Crippen LogP contribution in [0.3, 0.4) is 0 Å². The molecule has 8 heteroatoms. The zero-order chi connectivity index (χ0) is 23.7. The Morgan fingerprint density at radius 1 is 1.16 bits per heavy atom. The van der Waals surface area contributed by atoms with Crippen LogP contribution >= 0.6 is 11.3 Å². The Hall–Kier alpha value is -2.71. The second-order valence-electron chi connectivity index (χ2n) is 8.67. The highest BCUT2D eigenvalue weighted by Crippen LogP contribution is 2.21. The van der Waals surface area contributed by atoms with Crippen LogP contribution in [0.15, 0.2) is 35.7 Å². The van der Waals surface area contributed by atoms with E-state index >= 15 is 0 Å². The van der Waals surface area contributed by atoms with Crippen molar-refractivity contribution in [2.75, 3.05) is 33.7 Å². The molecule has 0 spiro atoms. The summed E-state index contributed by atoms with van der Waals surface area (Å²) in [6.45, 7) is 8.68. The molecule has 2 rings (SSSR count). The molecule has 0 aliphatic heterocycles. The van der Waals surface area contributed by atoms with Crippen LogP contribution in [-0.2, 0) is 20.9 Å². The van der Waals surface area contributed by atoms with Gasteiger partial charge < -0.3 is 19.3 Å². The maximum atomic E-state index is 12.9. The first kappa shape index (κ1) is 25.5. The van der Waals surface area contributed by atoms with Crippen LogP contribution in [-0.4, -0.2) is 66.0 Å². The lowest BCUT2D eigenvalue weighted by atomic mass is 10.2. The number of aromatic nitrogens is 1. The lowest BCUT2D eigenvalue weighted by Crippen LogP contribution is -2.41. The summed E-state index contributed by atoms with van der Waals surface area (Å²) < 4.78 is 11.3. The van der Waals surface area contributed by atoms with Gasteiger partial charge in [-0.05, 0) is 53.9 Å². The van der Waals surface area contributed by atoms with Crippen LogP contribution in [0.4, 0.5) is 0 Å². The molecule has 32 heavy (non-hydrogen) atoms. The van der Waals surface area contributed by atoms with E-state index in [1.807, 2.05) is 55.6 Å². The van der Waals surface area contributed by atoms with E-state index in [0.717, 1.165) is 16.3 Å². The van der Waals surface area contributed by atoms with E-state index in [1.54, 1.807) is 38.2 Å². The topological polar surface area (TPSA) is 72.0 Å². The molecule has 0 N–H and O–H groups in total. The van der Waals surface area contributed by atoms with Crippen molar-refractivity contribution < 1.29 is 19.1 Å². The minimum Gasteiger partial charge on any atom is -0.487 e. The molecule has 174 valence electrons. The van der Waals surface area contributed by atoms with E-state index in [-0.39, 0.29) is 12.5 Å². The average Bonchev–Trinajstić information content (AvgIpc) is 3.12. The van der Waals surface area contributed by atoms with E-state index in [2.05, 4.69) is 4.98 Å². The molecule has 1 amide bonds. The number of para-hydroxylation sites is 1. The molecule has 0 unspecified atom stereocenters. The molecule has 0 aliphatic rings. The molecule has 0 atom stereocenters. The fraction of sp³-hybridized carbons (Fsp3) is 0.458. The number of amides is 1. The van der Waals surface area contributed by atoms with Crippen molar-refractivity contribution >= 4 is 29.3 Å². The number of nitrogens with zero attached hydrogens (tertiary/aromatic N) is 3. The summed E-state index contributed by atoms with van der Waals surface area (Å²) in [6.07, 6.45) is 3.18. The first-order valence-corrected chi connectivity index (χ1v) is 11.4. The molecule has 2 aromatic rings. The van der Waals surface area contributed by atoms with Crippen molar-refractivity contribution in [2.45, 2.75) is 39.9 Å². The molecule has 1 aromatic heterocycles. The maximum absolute atomic E-state index is 12.9. The third-order valence-electron chi connectivity index (χ3n) is 4.24. The highest BCUT2D eigenvalue weighted by Gasteiger charge is 2.21. The Balaban J connectivity index is 2.08. The van der Waals surface area contributed by atoms with Gasteiger partial charge in [0.1, 0.15) is 24.5 Å². The fourth-order valence-electron chi connectivity index (χ4n) is 2.76. The molecular weight excluding hydrogens is 426 g/mol. The number of thiazole rings is 1. The van der Waals surface area contributed by atoms with Gasteiger partial charge in [0.15, 0.2) is 0 Å². The van der Waals surface area contributed by atoms with Crippen LogP contribution in [0.1, 0.15) is 37.0 Å². The largest absolute Gasteiger partial charge is 0.487 e. The van der Waals surface area contributed by atoms with Gasteiger partial charge in [-0.2, -0.15) is 0 Å². The van der Waals surface area contributed by atoms with Crippen LogP contribution in [0, 0.1) is 6.92 Å². The van der Waals surface area contributed by atoms with Gasteiger partial charge in [-0.25, -0.2) is 4.98 Å². The highest BCUT2D eigenvalue weighted by molar-refractivity contribution is 7.09. The minimum atomic E-state index is -0.602. The van der Waals surface area contributed by atoms with Crippen molar-refractivity contribution in [3.8, 4) is 5.75 Å². The summed E-state index contributed by atoms with van der Waals surface area (Å²) in [7, 11) is 3.84.